The molecule has 0 saturated heterocycles. The molecule has 1 amide bonds. The number of hydrogen-bond acceptors (Lipinski definition) is 3. The summed E-state index contributed by atoms with van der Waals surface area (Å²) in [7, 11) is 0. The number of ether oxygens (including phenoxy) is 1. The standard InChI is InChI=1S/C23H25NO3/c1-4-20(18-11-6-5-7-12-18)24-23(25)21-14-13-19(27-21)15-26-22-16(2)9-8-10-17(22)3/h5-14,20H,4,15H2,1-3H3,(H,24,25). The monoisotopic (exact) mass is 363 g/mol. The van der Waals surface area contributed by atoms with Crippen molar-refractivity contribution in [2.24, 2.45) is 0 Å². The van der Waals surface area contributed by atoms with Crippen LogP contribution in [0, 0.1) is 13.8 Å². The van der Waals surface area contributed by atoms with Gasteiger partial charge in [0.15, 0.2) is 5.76 Å². The third-order valence-corrected chi connectivity index (χ3v) is 4.57. The van der Waals surface area contributed by atoms with Crippen LogP contribution in [0.3, 0.4) is 0 Å². The van der Waals surface area contributed by atoms with E-state index in [-0.39, 0.29) is 18.6 Å². The first-order chi connectivity index (χ1) is 13.1. The van der Waals surface area contributed by atoms with Gasteiger partial charge in [0.25, 0.3) is 5.91 Å². The number of nitrogens with one attached hydrogen (secondary N) is 1. The van der Waals surface area contributed by atoms with Crippen molar-refractivity contribution in [1.82, 2.24) is 5.32 Å². The fraction of sp³-hybridized carbons (Fsp3) is 0.261. The molecule has 1 aromatic heterocycles. The highest BCUT2D eigenvalue weighted by molar-refractivity contribution is 5.91. The van der Waals surface area contributed by atoms with Crippen LogP contribution in [-0.2, 0) is 6.61 Å². The molecule has 1 atom stereocenters. The summed E-state index contributed by atoms with van der Waals surface area (Å²) < 4.78 is 11.6. The maximum atomic E-state index is 12.5. The Morgan fingerprint density at radius 1 is 1.00 bits per heavy atom. The SMILES string of the molecule is CCC(NC(=O)c1ccc(COc2c(C)cccc2C)o1)c1ccccc1. The van der Waals surface area contributed by atoms with Crippen LogP contribution in [-0.4, -0.2) is 5.91 Å². The zero-order valence-electron chi connectivity index (χ0n) is 16.0. The van der Waals surface area contributed by atoms with Gasteiger partial charge in [-0.05, 0) is 49.1 Å². The molecule has 0 aliphatic carbocycles. The second-order valence-electron chi connectivity index (χ2n) is 6.62. The van der Waals surface area contributed by atoms with Gasteiger partial charge in [-0.3, -0.25) is 4.79 Å². The van der Waals surface area contributed by atoms with Gasteiger partial charge < -0.3 is 14.5 Å². The molecule has 0 aliphatic rings. The Morgan fingerprint density at radius 2 is 1.70 bits per heavy atom. The van der Waals surface area contributed by atoms with E-state index in [1.807, 2.05) is 69.3 Å². The summed E-state index contributed by atoms with van der Waals surface area (Å²) in [5.41, 5.74) is 3.24. The van der Waals surface area contributed by atoms with E-state index >= 15 is 0 Å². The molecule has 0 fully saturated rings. The number of hydrogen-bond donors (Lipinski definition) is 1. The summed E-state index contributed by atoms with van der Waals surface area (Å²) in [5.74, 6) is 1.55. The highest BCUT2D eigenvalue weighted by Crippen LogP contribution is 2.24. The van der Waals surface area contributed by atoms with Gasteiger partial charge in [0, 0.05) is 0 Å². The smallest absolute Gasteiger partial charge is 0.287 e. The molecule has 0 saturated carbocycles. The quantitative estimate of drug-likeness (QED) is 0.615. The van der Waals surface area contributed by atoms with E-state index in [2.05, 4.69) is 5.32 Å². The first-order valence-electron chi connectivity index (χ1n) is 9.22. The molecule has 0 aliphatic heterocycles. The third kappa shape index (κ3) is 4.59. The summed E-state index contributed by atoms with van der Waals surface area (Å²) in [6, 6.07) is 19.4. The average molecular weight is 363 g/mol. The van der Waals surface area contributed by atoms with E-state index in [0.29, 0.717) is 11.5 Å². The zero-order chi connectivity index (χ0) is 19.2. The molecule has 2 aromatic carbocycles. The number of benzene rings is 2. The number of amides is 1. The predicted molar refractivity (Wildman–Crippen MR) is 106 cm³/mol. The van der Waals surface area contributed by atoms with Crippen molar-refractivity contribution in [1.29, 1.82) is 0 Å². The van der Waals surface area contributed by atoms with E-state index in [4.69, 9.17) is 9.15 Å². The highest BCUT2D eigenvalue weighted by Gasteiger charge is 2.17. The lowest BCUT2D eigenvalue weighted by atomic mass is 10.0. The predicted octanol–water partition coefficient (Wildman–Crippen LogP) is 5.36. The number of furan rings is 1. The van der Waals surface area contributed by atoms with Crippen LogP contribution in [0.2, 0.25) is 0 Å². The third-order valence-electron chi connectivity index (χ3n) is 4.57. The van der Waals surface area contributed by atoms with Crippen molar-refractivity contribution in [3.8, 4) is 5.75 Å². The second kappa shape index (κ2) is 8.58. The number of carbonyl (C=O) groups is 1. The fourth-order valence-electron chi connectivity index (χ4n) is 3.08. The number of aryl methyl sites for hydroxylation is 2. The first-order valence-corrected chi connectivity index (χ1v) is 9.22. The lowest BCUT2D eigenvalue weighted by Gasteiger charge is -2.16. The molecule has 1 heterocycles. The summed E-state index contributed by atoms with van der Waals surface area (Å²) in [6.45, 7) is 6.36. The normalized spacial score (nSPS) is 11.8. The molecule has 27 heavy (non-hydrogen) atoms. The number of rotatable bonds is 7. The molecule has 1 unspecified atom stereocenters. The molecule has 140 valence electrons. The lowest BCUT2D eigenvalue weighted by Crippen LogP contribution is -2.27. The molecule has 0 bridgehead atoms. The summed E-state index contributed by atoms with van der Waals surface area (Å²) >= 11 is 0. The molecule has 4 heteroatoms. The fourth-order valence-corrected chi connectivity index (χ4v) is 3.08. The maximum absolute atomic E-state index is 12.5. The molecular weight excluding hydrogens is 338 g/mol. The maximum Gasteiger partial charge on any atom is 0.287 e. The van der Waals surface area contributed by atoms with Crippen LogP contribution >= 0.6 is 0 Å². The van der Waals surface area contributed by atoms with Gasteiger partial charge in [-0.1, -0.05) is 55.5 Å². The van der Waals surface area contributed by atoms with Crippen LogP contribution in [0.25, 0.3) is 0 Å². The summed E-state index contributed by atoms with van der Waals surface area (Å²) in [4.78, 5) is 12.5. The van der Waals surface area contributed by atoms with Gasteiger partial charge in [0.2, 0.25) is 0 Å². The van der Waals surface area contributed by atoms with Crippen molar-refractivity contribution < 1.29 is 13.9 Å². The van der Waals surface area contributed by atoms with E-state index in [9.17, 15) is 4.79 Å². The average Bonchev–Trinajstić information content (AvgIpc) is 3.15. The summed E-state index contributed by atoms with van der Waals surface area (Å²) in [6.07, 6.45) is 0.805. The molecule has 0 radical (unpaired) electrons. The van der Waals surface area contributed by atoms with Gasteiger partial charge in [0.1, 0.15) is 18.1 Å². The number of carbonyl (C=O) groups excluding carboxylic acids is 1. The van der Waals surface area contributed by atoms with Crippen molar-refractivity contribution in [2.75, 3.05) is 0 Å². The minimum absolute atomic E-state index is 0.0434. The zero-order valence-corrected chi connectivity index (χ0v) is 16.0. The lowest BCUT2D eigenvalue weighted by molar-refractivity contribution is 0.0903. The molecule has 4 nitrogen and oxygen atoms in total. The van der Waals surface area contributed by atoms with Crippen LogP contribution in [0.4, 0.5) is 0 Å². The minimum Gasteiger partial charge on any atom is -0.485 e. The Morgan fingerprint density at radius 3 is 2.37 bits per heavy atom. The van der Waals surface area contributed by atoms with Gasteiger partial charge in [-0.15, -0.1) is 0 Å². The van der Waals surface area contributed by atoms with E-state index in [1.165, 1.54) is 0 Å². The Hall–Kier alpha value is -3.01. The Bertz CT molecular complexity index is 879. The number of para-hydroxylation sites is 1. The van der Waals surface area contributed by atoms with Crippen LogP contribution < -0.4 is 10.1 Å². The van der Waals surface area contributed by atoms with Crippen LogP contribution in [0.15, 0.2) is 65.1 Å². The Balaban J connectivity index is 1.64. The van der Waals surface area contributed by atoms with Crippen LogP contribution in [0.1, 0.15) is 52.4 Å². The van der Waals surface area contributed by atoms with E-state index in [0.717, 1.165) is 28.9 Å². The molecule has 1 N–H and O–H groups in total. The molecule has 3 rings (SSSR count). The Kier molecular flexibility index (Phi) is 5.97. The summed E-state index contributed by atoms with van der Waals surface area (Å²) in [5, 5.41) is 3.03. The topological polar surface area (TPSA) is 51.5 Å². The molecule has 0 spiro atoms. The van der Waals surface area contributed by atoms with Crippen molar-refractivity contribution in [2.45, 2.75) is 39.8 Å². The largest absolute Gasteiger partial charge is 0.485 e. The van der Waals surface area contributed by atoms with Gasteiger partial charge >= 0.3 is 0 Å². The van der Waals surface area contributed by atoms with E-state index < -0.39 is 0 Å². The highest BCUT2D eigenvalue weighted by atomic mass is 16.5. The van der Waals surface area contributed by atoms with Crippen molar-refractivity contribution >= 4 is 5.91 Å². The molecular formula is C23H25NO3. The second-order valence-corrected chi connectivity index (χ2v) is 6.62. The molecule has 3 aromatic rings. The van der Waals surface area contributed by atoms with Crippen LogP contribution in [0.5, 0.6) is 5.75 Å². The van der Waals surface area contributed by atoms with Gasteiger partial charge in [-0.2, -0.15) is 0 Å². The van der Waals surface area contributed by atoms with E-state index in [1.54, 1.807) is 12.1 Å². The van der Waals surface area contributed by atoms with Gasteiger partial charge in [0.05, 0.1) is 6.04 Å². The first kappa shape index (κ1) is 18.8. The minimum atomic E-state index is -0.218. The van der Waals surface area contributed by atoms with Crippen molar-refractivity contribution in [3.05, 3.63) is 88.9 Å². The van der Waals surface area contributed by atoms with Crippen molar-refractivity contribution in [3.63, 3.8) is 0 Å². The Labute approximate surface area is 160 Å². The van der Waals surface area contributed by atoms with Gasteiger partial charge in [-0.25, -0.2) is 0 Å².